The van der Waals surface area contributed by atoms with Crippen molar-refractivity contribution < 1.29 is 19.1 Å². The van der Waals surface area contributed by atoms with Crippen LogP contribution in [0.1, 0.15) is 24.0 Å². The average molecular weight is 404 g/mol. The molecule has 0 aliphatic rings. The predicted molar refractivity (Wildman–Crippen MR) is 107 cm³/mol. The van der Waals surface area contributed by atoms with Crippen molar-refractivity contribution in [1.82, 2.24) is 10.9 Å². The molecule has 3 amide bonds. The molecule has 0 bridgehead atoms. The van der Waals surface area contributed by atoms with Crippen molar-refractivity contribution in [3.05, 3.63) is 58.6 Å². The number of halogens is 1. The summed E-state index contributed by atoms with van der Waals surface area (Å²) in [5.41, 5.74) is 7.34. The van der Waals surface area contributed by atoms with E-state index in [0.29, 0.717) is 16.5 Å². The number of carbonyl (C=O) groups is 3. The van der Waals surface area contributed by atoms with Crippen LogP contribution in [0, 0.1) is 13.8 Å². The number of para-hydroxylation sites is 1. The molecule has 0 unspecified atom stereocenters. The normalized spacial score (nSPS) is 10.1. The summed E-state index contributed by atoms with van der Waals surface area (Å²) < 4.78 is 5.25. The minimum atomic E-state index is -0.548. The maximum absolute atomic E-state index is 11.9. The van der Waals surface area contributed by atoms with Gasteiger partial charge in [-0.25, -0.2) is 0 Å². The van der Waals surface area contributed by atoms with Crippen LogP contribution in [-0.2, 0) is 14.4 Å². The summed E-state index contributed by atoms with van der Waals surface area (Å²) in [5.74, 6) is -0.949. The lowest BCUT2D eigenvalue weighted by molar-refractivity contribution is -0.130. The Labute approximate surface area is 168 Å². The third-order valence-electron chi connectivity index (χ3n) is 3.91. The number of carbonyl (C=O) groups excluding carboxylic acids is 3. The molecule has 0 aromatic heterocycles. The van der Waals surface area contributed by atoms with Crippen molar-refractivity contribution in [2.75, 3.05) is 11.9 Å². The molecule has 0 fully saturated rings. The van der Waals surface area contributed by atoms with Gasteiger partial charge in [0, 0.05) is 18.5 Å². The summed E-state index contributed by atoms with van der Waals surface area (Å²) in [6, 6.07) is 12.3. The number of rotatable bonds is 7. The predicted octanol–water partition coefficient (Wildman–Crippen LogP) is 2.90. The van der Waals surface area contributed by atoms with Gasteiger partial charge < -0.3 is 10.1 Å². The number of ether oxygens (including phenoxy) is 1. The highest BCUT2D eigenvalue weighted by molar-refractivity contribution is 6.32. The molecule has 2 aromatic rings. The summed E-state index contributed by atoms with van der Waals surface area (Å²) in [6.45, 7) is 3.63. The van der Waals surface area contributed by atoms with Crippen LogP contribution < -0.4 is 20.9 Å². The van der Waals surface area contributed by atoms with Crippen molar-refractivity contribution in [2.24, 2.45) is 0 Å². The minimum Gasteiger partial charge on any atom is -0.482 e. The molecule has 2 aromatic carbocycles. The van der Waals surface area contributed by atoms with E-state index in [2.05, 4.69) is 16.2 Å². The van der Waals surface area contributed by atoms with Crippen molar-refractivity contribution in [3.63, 3.8) is 0 Å². The number of hydrogen-bond acceptors (Lipinski definition) is 4. The molecule has 0 radical (unpaired) electrons. The van der Waals surface area contributed by atoms with Crippen LogP contribution in [0.2, 0.25) is 5.02 Å². The monoisotopic (exact) mass is 403 g/mol. The number of hydrazine groups is 1. The SMILES string of the molecule is Cc1ccc(NC(=O)CCC(=O)NNC(=O)COc2ccccc2Cl)cc1C. The molecule has 0 aliphatic heterocycles. The first-order valence-corrected chi connectivity index (χ1v) is 9.05. The second-order valence-electron chi connectivity index (χ2n) is 6.16. The third kappa shape index (κ3) is 6.92. The summed E-state index contributed by atoms with van der Waals surface area (Å²) in [7, 11) is 0. The average Bonchev–Trinajstić information content (AvgIpc) is 2.67. The second kappa shape index (κ2) is 10.3. The summed E-state index contributed by atoms with van der Waals surface area (Å²) >= 11 is 5.92. The quantitative estimate of drug-likeness (QED) is 0.619. The molecule has 0 saturated heterocycles. The van der Waals surface area contributed by atoms with Crippen molar-refractivity contribution in [1.29, 1.82) is 0 Å². The van der Waals surface area contributed by atoms with Crippen LogP contribution in [-0.4, -0.2) is 24.3 Å². The Morgan fingerprint density at radius 3 is 2.29 bits per heavy atom. The molecule has 148 valence electrons. The third-order valence-corrected chi connectivity index (χ3v) is 4.22. The molecule has 28 heavy (non-hydrogen) atoms. The van der Waals surface area contributed by atoms with E-state index in [1.165, 1.54) is 0 Å². The van der Waals surface area contributed by atoms with Gasteiger partial charge >= 0.3 is 0 Å². The molecule has 3 N–H and O–H groups in total. The molecule has 0 atom stereocenters. The van der Waals surface area contributed by atoms with Crippen molar-refractivity contribution >= 4 is 35.0 Å². The largest absolute Gasteiger partial charge is 0.482 e. The van der Waals surface area contributed by atoms with Gasteiger partial charge in [0.05, 0.1) is 5.02 Å². The van der Waals surface area contributed by atoms with E-state index in [4.69, 9.17) is 16.3 Å². The minimum absolute atomic E-state index is 0.00918. The summed E-state index contributed by atoms with van der Waals surface area (Å²) in [4.78, 5) is 35.4. The van der Waals surface area contributed by atoms with Gasteiger partial charge in [0.1, 0.15) is 5.75 Å². The zero-order valence-electron chi connectivity index (χ0n) is 15.7. The standard InChI is InChI=1S/C20H22ClN3O4/c1-13-7-8-15(11-14(13)2)22-18(25)9-10-19(26)23-24-20(27)12-28-17-6-4-3-5-16(17)21/h3-8,11H,9-10,12H2,1-2H3,(H,22,25)(H,23,26)(H,24,27). The first-order chi connectivity index (χ1) is 13.3. The first-order valence-electron chi connectivity index (χ1n) is 8.67. The first kappa shape index (κ1) is 21.2. The van der Waals surface area contributed by atoms with Gasteiger partial charge in [-0.1, -0.05) is 29.8 Å². The number of benzene rings is 2. The van der Waals surface area contributed by atoms with Crippen LogP contribution in [0.4, 0.5) is 5.69 Å². The topological polar surface area (TPSA) is 96.5 Å². The molecule has 0 heterocycles. The van der Waals surface area contributed by atoms with E-state index >= 15 is 0 Å². The van der Waals surface area contributed by atoms with Crippen LogP contribution in [0.15, 0.2) is 42.5 Å². The fourth-order valence-corrected chi connectivity index (χ4v) is 2.40. The molecular weight excluding hydrogens is 382 g/mol. The lowest BCUT2D eigenvalue weighted by Gasteiger charge is -2.10. The van der Waals surface area contributed by atoms with E-state index in [9.17, 15) is 14.4 Å². The Kier molecular flexibility index (Phi) is 7.83. The smallest absolute Gasteiger partial charge is 0.276 e. The Bertz CT molecular complexity index is 870. The highest BCUT2D eigenvalue weighted by Crippen LogP contribution is 2.22. The number of aryl methyl sites for hydroxylation is 2. The van der Waals surface area contributed by atoms with Crippen molar-refractivity contribution in [3.8, 4) is 5.75 Å². The van der Waals surface area contributed by atoms with Gasteiger partial charge in [-0.3, -0.25) is 25.2 Å². The molecule has 0 saturated carbocycles. The van der Waals surface area contributed by atoms with Gasteiger partial charge in [0.25, 0.3) is 5.91 Å². The number of amides is 3. The van der Waals surface area contributed by atoms with E-state index in [-0.39, 0.29) is 25.4 Å². The lowest BCUT2D eigenvalue weighted by Crippen LogP contribution is -2.44. The molecule has 0 spiro atoms. The fourth-order valence-electron chi connectivity index (χ4n) is 2.21. The molecular formula is C20H22ClN3O4. The Hall–Kier alpha value is -3.06. The maximum atomic E-state index is 11.9. The van der Waals surface area contributed by atoms with Gasteiger partial charge in [-0.15, -0.1) is 0 Å². The number of hydrogen-bond donors (Lipinski definition) is 3. The summed E-state index contributed by atoms with van der Waals surface area (Å²) in [6.07, 6.45) is -0.0763. The van der Waals surface area contributed by atoms with Crippen molar-refractivity contribution in [2.45, 2.75) is 26.7 Å². The van der Waals surface area contributed by atoms with Gasteiger partial charge in [0.15, 0.2) is 6.61 Å². The Balaban J connectivity index is 1.66. The van der Waals surface area contributed by atoms with E-state index in [0.717, 1.165) is 11.1 Å². The van der Waals surface area contributed by atoms with Crippen LogP contribution >= 0.6 is 11.6 Å². The van der Waals surface area contributed by atoms with Gasteiger partial charge in [0.2, 0.25) is 11.8 Å². The zero-order valence-corrected chi connectivity index (χ0v) is 16.4. The van der Waals surface area contributed by atoms with E-state index in [1.54, 1.807) is 30.3 Å². The van der Waals surface area contributed by atoms with Crippen LogP contribution in [0.3, 0.4) is 0 Å². The molecule has 8 heteroatoms. The Morgan fingerprint density at radius 1 is 0.893 bits per heavy atom. The second-order valence-corrected chi connectivity index (χ2v) is 6.57. The van der Waals surface area contributed by atoms with E-state index < -0.39 is 11.8 Å². The van der Waals surface area contributed by atoms with Crippen LogP contribution in [0.5, 0.6) is 5.75 Å². The Morgan fingerprint density at radius 2 is 1.57 bits per heavy atom. The molecule has 0 aliphatic carbocycles. The number of anilines is 1. The lowest BCUT2D eigenvalue weighted by atomic mass is 10.1. The van der Waals surface area contributed by atoms with E-state index in [1.807, 2.05) is 26.0 Å². The fraction of sp³-hybridized carbons (Fsp3) is 0.250. The molecule has 2 rings (SSSR count). The summed E-state index contributed by atoms with van der Waals surface area (Å²) in [5, 5.41) is 3.12. The van der Waals surface area contributed by atoms with Gasteiger partial charge in [-0.2, -0.15) is 0 Å². The maximum Gasteiger partial charge on any atom is 0.276 e. The number of nitrogens with one attached hydrogen (secondary N) is 3. The molecule has 7 nitrogen and oxygen atoms in total. The van der Waals surface area contributed by atoms with Crippen LogP contribution in [0.25, 0.3) is 0 Å². The highest BCUT2D eigenvalue weighted by atomic mass is 35.5. The zero-order chi connectivity index (χ0) is 20.5. The van der Waals surface area contributed by atoms with Gasteiger partial charge in [-0.05, 0) is 49.2 Å². The highest BCUT2D eigenvalue weighted by Gasteiger charge is 2.10.